The number of hydrogen-bond acceptors (Lipinski definition) is 9. The molecule has 9 heteroatoms. The Morgan fingerprint density at radius 1 is 0.944 bits per heavy atom. The van der Waals surface area contributed by atoms with Crippen LogP contribution in [0.2, 0.25) is 0 Å². The molecule has 2 saturated heterocycles. The lowest BCUT2D eigenvalue weighted by atomic mass is 10.0. The molecular weight excluding hydrogens is 454 g/mol. The smallest absolute Gasteiger partial charge is 0.230 e. The van der Waals surface area contributed by atoms with Crippen LogP contribution in [-0.2, 0) is 0 Å². The van der Waals surface area contributed by atoms with Crippen LogP contribution in [0.1, 0.15) is 39.5 Å². The molecule has 36 heavy (non-hydrogen) atoms. The number of benzene rings is 1. The molecule has 0 spiro atoms. The van der Waals surface area contributed by atoms with E-state index >= 15 is 0 Å². The molecule has 0 bridgehead atoms. The molecule has 1 N–H and O–H groups in total. The standard InChI is InChI=1S/C27H35N7O2/c1-3-35-22-10-4-5-11-23(22)36-21-9-7-15-34(19-21)26-17-28-16-24(30-26)31-27-29-13-12-25(32-27)33-14-6-8-20(2)18-33/h4-5,10-13,16-17,20-21H,3,6-9,14-15,18-19H2,1-2H3,(H,29,30,31,32)/t20?,21-/m1/s1. The van der Waals surface area contributed by atoms with Crippen LogP contribution in [0, 0.1) is 5.92 Å². The average molecular weight is 490 g/mol. The largest absolute Gasteiger partial charge is 0.490 e. The van der Waals surface area contributed by atoms with Gasteiger partial charge in [-0.05, 0) is 56.7 Å². The van der Waals surface area contributed by atoms with E-state index in [4.69, 9.17) is 19.4 Å². The molecule has 5 rings (SSSR count). The molecule has 1 aromatic carbocycles. The van der Waals surface area contributed by atoms with Crippen molar-refractivity contribution in [3.05, 3.63) is 48.9 Å². The van der Waals surface area contributed by atoms with Crippen LogP contribution < -0.4 is 24.6 Å². The van der Waals surface area contributed by atoms with E-state index in [0.717, 1.165) is 62.2 Å². The first-order chi connectivity index (χ1) is 17.7. The van der Waals surface area contributed by atoms with Crippen LogP contribution in [0.5, 0.6) is 11.5 Å². The van der Waals surface area contributed by atoms with Gasteiger partial charge in [0.1, 0.15) is 17.7 Å². The zero-order chi connectivity index (χ0) is 24.7. The maximum absolute atomic E-state index is 6.34. The molecule has 2 aliphatic heterocycles. The normalized spacial score (nSPS) is 20.2. The Bertz CT molecular complexity index is 1140. The van der Waals surface area contributed by atoms with Gasteiger partial charge < -0.3 is 24.6 Å². The third-order valence-electron chi connectivity index (χ3n) is 6.63. The fourth-order valence-electron chi connectivity index (χ4n) is 4.91. The zero-order valence-corrected chi connectivity index (χ0v) is 21.1. The molecule has 2 aliphatic rings. The number of hydrogen-bond donors (Lipinski definition) is 1. The van der Waals surface area contributed by atoms with Crippen LogP contribution in [0.3, 0.4) is 0 Å². The second kappa shape index (κ2) is 11.4. The van der Waals surface area contributed by atoms with Crippen molar-refractivity contribution in [2.24, 2.45) is 5.92 Å². The second-order valence-corrected chi connectivity index (χ2v) is 9.53. The van der Waals surface area contributed by atoms with Crippen molar-refractivity contribution in [1.29, 1.82) is 0 Å². The van der Waals surface area contributed by atoms with Crippen molar-refractivity contribution < 1.29 is 9.47 Å². The fourth-order valence-corrected chi connectivity index (χ4v) is 4.91. The highest BCUT2D eigenvalue weighted by atomic mass is 16.5. The summed E-state index contributed by atoms with van der Waals surface area (Å²) in [6.45, 7) is 8.58. The molecule has 2 aromatic heterocycles. The minimum absolute atomic E-state index is 0.0470. The van der Waals surface area contributed by atoms with E-state index in [9.17, 15) is 0 Å². The zero-order valence-electron chi connectivity index (χ0n) is 21.1. The molecule has 2 fully saturated rings. The highest BCUT2D eigenvalue weighted by molar-refractivity contribution is 5.53. The fraction of sp³-hybridized carbons (Fsp3) is 0.481. The Morgan fingerprint density at radius 3 is 2.58 bits per heavy atom. The summed E-state index contributed by atoms with van der Waals surface area (Å²) in [5.41, 5.74) is 0. The first kappa shape index (κ1) is 24.1. The Balaban J connectivity index is 1.25. The summed E-state index contributed by atoms with van der Waals surface area (Å²) < 4.78 is 12.1. The molecule has 4 heterocycles. The third kappa shape index (κ3) is 5.95. The van der Waals surface area contributed by atoms with Crippen molar-refractivity contribution in [1.82, 2.24) is 19.9 Å². The second-order valence-electron chi connectivity index (χ2n) is 9.53. The highest BCUT2D eigenvalue weighted by Gasteiger charge is 2.24. The highest BCUT2D eigenvalue weighted by Crippen LogP contribution is 2.30. The number of nitrogens with zero attached hydrogens (tertiary/aromatic N) is 6. The van der Waals surface area contributed by atoms with Gasteiger partial charge in [0.25, 0.3) is 0 Å². The molecule has 1 unspecified atom stereocenters. The molecule has 0 radical (unpaired) electrons. The lowest BCUT2D eigenvalue weighted by Gasteiger charge is -2.33. The first-order valence-corrected chi connectivity index (χ1v) is 13.0. The monoisotopic (exact) mass is 489 g/mol. The van der Waals surface area contributed by atoms with Gasteiger partial charge in [0, 0.05) is 25.8 Å². The van der Waals surface area contributed by atoms with Crippen LogP contribution in [0.4, 0.5) is 23.4 Å². The molecule has 0 aliphatic carbocycles. The van der Waals surface area contributed by atoms with Crippen molar-refractivity contribution in [2.75, 3.05) is 47.9 Å². The van der Waals surface area contributed by atoms with Crippen LogP contribution in [0.15, 0.2) is 48.9 Å². The number of para-hydroxylation sites is 2. The summed E-state index contributed by atoms with van der Waals surface area (Å²) in [6, 6.07) is 9.83. The maximum atomic E-state index is 6.34. The van der Waals surface area contributed by atoms with E-state index in [1.54, 1.807) is 18.6 Å². The van der Waals surface area contributed by atoms with Crippen LogP contribution in [0.25, 0.3) is 0 Å². The van der Waals surface area contributed by atoms with Gasteiger partial charge in [0.2, 0.25) is 5.95 Å². The van der Waals surface area contributed by atoms with Crippen molar-refractivity contribution in [3.8, 4) is 11.5 Å². The topological polar surface area (TPSA) is 88.5 Å². The molecular formula is C27H35N7O2. The Kier molecular flexibility index (Phi) is 7.64. The molecule has 190 valence electrons. The van der Waals surface area contributed by atoms with E-state index < -0.39 is 0 Å². The van der Waals surface area contributed by atoms with Crippen molar-refractivity contribution in [3.63, 3.8) is 0 Å². The van der Waals surface area contributed by atoms with Gasteiger partial charge >= 0.3 is 0 Å². The van der Waals surface area contributed by atoms with E-state index in [1.807, 2.05) is 37.3 Å². The molecule has 0 amide bonds. The van der Waals surface area contributed by atoms with E-state index in [-0.39, 0.29) is 6.10 Å². The molecule has 0 saturated carbocycles. The molecule has 3 aromatic rings. The minimum Gasteiger partial charge on any atom is -0.490 e. The van der Waals surface area contributed by atoms with Gasteiger partial charge in [-0.1, -0.05) is 19.1 Å². The first-order valence-electron chi connectivity index (χ1n) is 13.0. The summed E-state index contributed by atoms with van der Waals surface area (Å²) >= 11 is 0. The number of ether oxygens (including phenoxy) is 2. The molecule has 9 nitrogen and oxygen atoms in total. The van der Waals surface area contributed by atoms with Gasteiger partial charge in [0.15, 0.2) is 17.3 Å². The summed E-state index contributed by atoms with van der Waals surface area (Å²) in [4.78, 5) is 23.0. The predicted octanol–water partition coefficient (Wildman–Crippen LogP) is 4.69. The summed E-state index contributed by atoms with van der Waals surface area (Å²) in [6.07, 6.45) is 9.82. The van der Waals surface area contributed by atoms with Gasteiger partial charge in [-0.2, -0.15) is 4.98 Å². The predicted molar refractivity (Wildman–Crippen MR) is 141 cm³/mol. The van der Waals surface area contributed by atoms with Gasteiger partial charge in [-0.3, -0.25) is 4.98 Å². The minimum atomic E-state index is 0.0470. The number of nitrogens with one attached hydrogen (secondary N) is 1. The Hall–Kier alpha value is -3.62. The van der Waals surface area contributed by atoms with Gasteiger partial charge in [-0.15, -0.1) is 0 Å². The maximum Gasteiger partial charge on any atom is 0.230 e. The quantitative estimate of drug-likeness (QED) is 0.484. The third-order valence-corrected chi connectivity index (χ3v) is 6.63. The van der Waals surface area contributed by atoms with E-state index in [1.165, 1.54) is 12.8 Å². The number of rotatable bonds is 8. The van der Waals surface area contributed by atoms with Gasteiger partial charge in [-0.25, -0.2) is 9.97 Å². The van der Waals surface area contributed by atoms with Crippen molar-refractivity contribution >= 4 is 23.4 Å². The number of aromatic nitrogens is 4. The lowest BCUT2D eigenvalue weighted by molar-refractivity contribution is 0.170. The summed E-state index contributed by atoms with van der Waals surface area (Å²) in [5, 5.41) is 3.25. The van der Waals surface area contributed by atoms with E-state index in [0.29, 0.717) is 24.3 Å². The van der Waals surface area contributed by atoms with Crippen LogP contribution >= 0.6 is 0 Å². The molecule has 2 atom stereocenters. The summed E-state index contributed by atoms with van der Waals surface area (Å²) in [5.74, 6) is 5.17. The Morgan fingerprint density at radius 2 is 1.75 bits per heavy atom. The van der Waals surface area contributed by atoms with Crippen molar-refractivity contribution in [2.45, 2.75) is 45.6 Å². The number of piperidine rings is 2. The number of anilines is 4. The Labute approximate surface area is 212 Å². The van der Waals surface area contributed by atoms with Crippen LogP contribution in [-0.4, -0.2) is 58.8 Å². The summed E-state index contributed by atoms with van der Waals surface area (Å²) in [7, 11) is 0. The van der Waals surface area contributed by atoms with E-state index in [2.05, 4.69) is 32.0 Å². The SMILES string of the molecule is CCOc1ccccc1O[C@@H]1CCCN(c2cncc(Nc3nccc(N4CCCC(C)C4)n3)n2)C1. The lowest BCUT2D eigenvalue weighted by Crippen LogP contribution is -2.41. The van der Waals surface area contributed by atoms with Gasteiger partial charge in [0.05, 0.1) is 25.5 Å². The average Bonchev–Trinajstić information content (AvgIpc) is 2.90.